The van der Waals surface area contributed by atoms with Gasteiger partial charge < -0.3 is 25.0 Å². The Labute approximate surface area is 152 Å². The number of methoxy groups -OCH3 is 2. The molecule has 0 spiro atoms. The lowest BCUT2D eigenvalue weighted by atomic mass is 10.1. The highest BCUT2D eigenvalue weighted by Gasteiger charge is 2.36. The molecule has 2 rings (SSSR count). The van der Waals surface area contributed by atoms with Gasteiger partial charge in [-0.05, 0) is 31.2 Å². The summed E-state index contributed by atoms with van der Waals surface area (Å²) in [5.74, 6) is -0.496. The number of carbonyl (C=O) groups excluding carboxylic acids is 3. The van der Waals surface area contributed by atoms with Gasteiger partial charge in [-0.25, -0.2) is 0 Å². The summed E-state index contributed by atoms with van der Waals surface area (Å²) in [4.78, 5) is 38.1. The van der Waals surface area contributed by atoms with Crippen molar-refractivity contribution in [3.63, 3.8) is 0 Å². The van der Waals surface area contributed by atoms with Crippen molar-refractivity contribution in [1.29, 1.82) is 0 Å². The lowest BCUT2D eigenvalue weighted by molar-refractivity contribution is -0.131. The van der Waals surface area contributed by atoms with Crippen LogP contribution >= 0.6 is 0 Å². The minimum absolute atomic E-state index is 0.118. The SMILES string of the molecule is COCCNC(=O)[C@H](C)NC(=O)[C@H]1CC(=O)N(c2ccc(OC)cc2)C1. The van der Waals surface area contributed by atoms with Crippen LogP contribution in [0.25, 0.3) is 0 Å². The van der Waals surface area contributed by atoms with Gasteiger partial charge in [-0.3, -0.25) is 14.4 Å². The smallest absolute Gasteiger partial charge is 0.242 e. The van der Waals surface area contributed by atoms with E-state index in [1.165, 1.54) is 0 Å². The molecule has 8 heteroatoms. The number of hydrogen-bond donors (Lipinski definition) is 2. The summed E-state index contributed by atoms with van der Waals surface area (Å²) in [6.45, 7) is 2.68. The average molecular weight is 363 g/mol. The van der Waals surface area contributed by atoms with Crippen molar-refractivity contribution in [1.82, 2.24) is 10.6 Å². The second-order valence-corrected chi connectivity index (χ2v) is 6.12. The molecule has 2 N–H and O–H groups in total. The summed E-state index contributed by atoms with van der Waals surface area (Å²) >= 11 is 0. The van der Waals surface area contributed by atoms with Gasteiger partial charge in [0.2, 0.25) is 17.7 Å². The molecule has 1 aliphatic rings. The molecule has 0 aliphatic carbocycles. The highest BCUT2D eigenvalue weighted by Crippen LogP contribution is 2.26. The number of nitrogens with zero attached hydrogens (tertiary/aromatic N) is 1. The Morgan fingerprint density at radius 1 is 1.27 bits per heavy atom. The third-order valence-electron chi connectivity index (χ3n) is 4.24. The van der Waals surface area contributed by atoms with E-state index in [0.717, 1.165) is 5.69 Å². The fraction of sp³-hybridized carbons (Fsp3) is 0.500. The Morgan fingerprint density at radius 2 is 1.96 bits per heavy atom. The first-order chi connectivity index (χ1) is 12.5. The third kappa shape index (κ3) is 4.95. The summed E-state index contributed by atoms with van der Waals surface area (Å²) < 4.78 is 9.97. The molecule has 1 aliphatic heterocycles. The maximum Gasteiger partial charge on any atom is 0.242 e. The third-order valence-corrected chi connectivity index (χ3v) is 4.24. The zero-order valence-corrected chi connectivity index (χ0v) is 15.3. The number of hydrogen-bond acceptors (Lipinski definition) is 5. The standard InChI is InChI=1S/C18H25N3O5/c1-12(17(23)19-8-9-25-2)20-18(24)13-10-16(22)21(11-13)14-4-6-15(26-3)7-5-14/h4-7,12-13H,8-11H2,1-3H3,(H,19,23)(H,20,24)/t12-,13-/m0/s1. The van der Waals surface area contributed by atoms with Crippen molar-refractivity contribution >= 4 is 23.4 Å². The van der Waals surface area contributed by atoms with Gasteiger partial charge in [0.05, 0.1) is 19.6 Å². The summed E-state index contributed by atoms with van der Waals surface area (Å²) in [5.41, 5.74) is 0.719. The second-order valence-electron chi connectivity index (χ2n) is 6.12. The number of anilines is 1. The maximum absolute atomic E-state index is 12.4. The molecule has 0 saturated carbocycles. The van der Waals surface area contributed by atoms with Crippen LogP contribution in [0.5, 0.6) is 5.75 Å². The number of benzene rings is 1. The largest absolute Gasteiger partial charge is 0.497 e. The Hall–Kier alpha value is -2.61. The van der Waals surface area contributed by atoms with E-state index in [-0.39, 0.29) is 30.7 Å². The predicted octanol–water partition coefficient (Wildman–Crippen LogP) is 0.315. The van der Waals surface area contributed by atoms with E-state index >= 15 is 0 Å². The number of rotatable bonds is 8. The minimum Gasteiger partial charge on any atom is -0.497 e. The Balaban J connectivity index is 1.90. The van der Waals surface area contributed by atoms with Crippen LogP contribution in [-0.4, -0.2) is 57.7 Å². The van der Waals surface area contributed by atoms with E-state index in [1.54, 1.807) is 50.3 Å². The molecule has 0 aromatic heterocycles. The first-order valence-electron chi connectivity index (χ1n) is 8.47. The van der Waals surface area contributed by atoms with Crippen LogP contribution in [0.2, 0.25) is 0 Å². The van der Waals surface area contributed by atoms with Crippen molar-refractivity contribution < 1.29 is 23.9 Å². The van der Waals surface area contributed by atoms with Gasteiger partial charge in [0, 0.05) is 32.3 Å². The van der Waals surface area contributed by atoms with Gasteiger partial charge in [-0.1, -0.05) is 0 Å². The summed E-state index contributed by atoms with van der Waals surface area (Å²) in [6.07, 6.45) is 0.121. The topological polar surface area (TPSA) is 97.0 Å². The summed E-state index contributed by atoms with van der Waals surface area (Å²) in [5, 5.41) is 5.33. The van der Waals surface area contributed by atoms with Crippen molar-refractivity contribution in [2.24, 2.45) is 5.92 Å². The molecule has 3 amide bonds. The van der Waals surface area contributed by atoms with Gasteiger partial charge in [-0.2, -0.15) is 0 Å². The van der Waals surface area contributed by atoms with Gasteiger partial charge >= 0.3 is 0 Å². The van der Waals surface area contributed by atoms with Crippen molar-refractivity contribution in [2.75, 3.05) is 38.8 Å². The average Bonchev–Trinajstić information content (AvgIpc) is 3.03. The van der Waals surface area contributed by atoms with Crippen LogP contribution in [0, 0.1) is 5.92 Å². The monoisotopic (exact) mass is 363 g/mol. The molecule has 1 saturated heterocycles. The molecule has 0 radical (unpaired) electrons. The quantitative estimate of drug-likeness (QED) is 0.648. The fourth-order valence-corrected chi connectivity index (χ4v) is 2.72. The molecule has 142 valence electrons. The van der Waals surface area contributed by atoms with Crippen LogP contribution in [0.4, 0.5) is 5.69 Å². The van der Waals surface area contributed by atoms with E-state index in [2.05, 4.69) is 10.6 Å². The number of ether oxygens (including phenoxy) is 2. The maximum atomic E-state index is 12.4. The number of carbonyl (C=O) groups is 3. The molecular weight excluding hydrogens is 338 g/mol. The van der Waals surface area contributed by atoms with E-state index < -0.39 is 12.0 Å². The first kappa shape index (κ1) is 19.7. The van der Waals surface area contributed by atoms with E-state index in [9.17, 15) is 14.4 Å². The van der Waals surface area contributed by atoms with E-state index in [4.69, 9.17) is 9.47 Å². The van der Waals surface area contributed by atoms with Gasteiger partial charge in [0.15, 0.2) is 0 Å². The van der Waals surface area contributed by atoms with Gasteiger partial charge in [-0.15, -0.1) is 0 Å². The second kappa shape index (κ2) is 9.19. The zero-order valence-electron chi connectivity index (χ0n) is 15.3. The van der Waals surface area contributed by atoms with Crippen LogP contribution < -0.4 is 20.3 Å². The first-order valence-corrected chi connectivity index (χ1v) is 8.47. The Morgan fingerprint density at radius 3 is 2.58 bits per heavy atom. The van der Waals surface area contributed by atoms with Crippen LogP contribution in [0.15, 0.2) is 24.3 Å². The van der Waals surface area contributed by atoms with Crippen LogP contribution in [-0.2, 0) is 19.1 Å². The minimum atomic E-state index is -0.676. The summed E-state index contributed by atoms with van der Waals surface area (Å²) in [6, 6.07) is 6.42. The molecular formula is C18H25N3O5. The number of amides is 3. The predicted molar refractivity (Wildman–Crippen MR) is 95.9 cm³/mol. The Kier molecular flexibility index (Phi) is 6.97. The molecule has 26 heavy (non-hydrogen) atoms. The van der Waals surface area contributed by atoms with Crippen molar-refractivity contribution in [3.8, 4) is 5.75 Å². The number of nitrogens with one attached hydrogen (secondary N) is 2. The van der Waals surface area contributed by atoms with Gasteiger partial charge in [0.25, 0.3) is 0 Å². The summed E-state index contributed by atoms with van der Waals surface area (Å²) in [7, 11) is 3.12. The highest BCUT2D eigenvalue weighted by molar-refractivity contribution is 6.01. The highest BCUT2D eigenvalue weighted by atomic mass is 16.5. The van der Waals surface area contributed by atoms with Crippen molar-refractivity contribution in [3.05, 3.63) is 24.3 Å². The zero-order chi connectivity index (χ0) is 19.1. The van der Waals surface area contributed by atoms with Crippen LogP contribution in [0.1, 0.15) is 13.3 Å². The van der Waals surface area contributed by atoms with Gasteiger partial charge in [0.1, 0.15) is 11.8 Å². The fourth-order valence-electron chi connectivity index (χ4n) is 2.72. The molecule has 1 aromatic carbocycles. The lowest BCUT2D eigenvalue weighted by Gasteiger charge is -2.18. The van der Waals surface area contributed by atoms with Crippen LogP contribution in [0.3, 0.4) is 0 Å². The molecule has 1 heterocycles. The molecule has 0 bridgehead atoms. The normalized spacial score (nSPS) is 17.7. The van der Waals surface area contributed by atoms with Crippen molar-refractivity contribution in [2.45, 2.75) is 19.4 Å². The molecule has 1 fully saturated rings. The lowest BCUT2D eigenvalue weighted by Crippen LogP contribution is -2.47. The molecule has 1 aromatic rings. The molecule has 0 unspecified atom stereocenters. The molecule has 8 nitrogen and oxygen atoms in total. The Bertz CT molecular complexity index is 647. The van der Waals surface area contributed by atoms with E-state index in [1.807, 2.05) is 0 Å². The van der Waals surface area contributed by atoms with E-state index in [0.29, 0.717) is 18.9 Å². The molecule has 2 atom stereocenters.